The van der Waals surface area contributed by atoms with Gasteiger partial charge in [0.2, 0.25) is 0 Å². The lowest BCUT2D eigenvalue weighted by molar-refractivity contribution is 0.536. The van der Waals surface area contributed by atoms with Gasteiger partial charge < -0.3 is 0 Å². The molecule has 94 valence electrons. The van der Waals surface area contributed by atoms with E-state index in [9.17, 15) is 0 Å². The predicted octanol–water partition coefficient (Wildman–Crippen LogP) is 4.57. The number of nitrogens with zero attached hydrogens (tertiary/aromatic N) is 2. The normalized spacial score (nSPS) is 17.6. The van der Waals surface area contributed by atoms with Crippen molar-refractivity contribution in [2.45, 2.75) is 62.1 Å². The molecule has 2 rings (SSSR count). The molecule has 1 saturated carbocycles. The van der Waals surface area contributed by atoms with Gasteiger partial charge in [-0.1, -0.05) is 33.6 Å². The monoisotopic (exact) mass is 314 g/mol. The number of halogens is 1. The third kappa shape index (κ3) is 3.68. The van der Waals surface area contributed by atoms with Crippen molar-refractivity contribution in [2.24, 2.45) is 0 Å². The van der Waals surface area contributed by atoms with Crippen LogP contribution in [0, 0.1) is 0 Å². The number of hydrogen-bond donors (Lipinski definition) is 0. The molecule has 2 nitrogen and oxygen atoms in total. The lowest BCUT2D eigenvalue weighted by atomic mass is 9.96. The summed E-state index contributed by atoms with van der Waals surface area (Å²) in [6, 6.07) is 2.04. The van der Waals surface area contributed by atoms with Crippen LogP contribution in [0.2, 0.25) is 0 Å². The molecule has 1 aromatic rings. The molecule has 1 heterocycles. The summed E-state index contributed by atoms with van der Waals surface area (Å²) in [5.41, 5.74) is 0.00870. The van der Waals surface area contributed by atoms with Gasteiger partial charge in [0, 0.05) is 16.7 Å². The molecule has 1 aromatic heterocycles. The largest absolute Gasteiger partial charge is 0.226 e. The molecule has 4 heteroatoms. The minimum atomic E-state index is 0.00870. The topological polar surface area (TPSA) is 25.8 Å². The van der Waals surface area contributed by atoms with Crippen LogP contribution in [-0.2, 0) is 5.41 Å². The van der Waals surface area contributed by atoms with E-state index in [1.165, 1.54) is 25.7 Å². The fourth-order valence-electron chi connectivity index (χ4n) is 1.97. The van der Waals surface area contributed by atoms with Crippen LogP contribution in [0.4, 0.5) is 0 Å². The summed E-state index contributed by atoms with van der Waals surface area (Å²) in [4.78, 5) is 9.16. The van der Waals surface area contributed by atoms with Crippen molar-refractivity contribution in [3.8, 4) is 0 Å². The Hall–Kier alpha value is -0.0900. The first-order valence-electron chi connectivity index (χ1n) is 6.17. The van der Waals surface area contributed by atoms with Crippen molar-refractivity contribution in [2.75, 3.05) is 0 Å². The van der Waals surface area contributed by atoms with Crippen LogP contribution in [0.3, 0.4) is 0 Å². The molecular formula is C13H19BrN2S. The Morgan fingerprint density at radius 3 is 2.47 bits per heavy atom. The lowest BCUT2D eigenvalue weighted by Gasteiger charge is -2.18. The molecule has 1 aliphatic carbocycles. The van der Waals surface area contributed by atoms with Crippen LogP contribution >= 0.6 is 27.7 Å². The summed E-state index contributed by atoms with van der Waals surface area (Å²) in [6.45, 7) is 6.45. The average Bonchev–Trinajstić information content (AvgIpc) is 2.68. The van der Waals surface area contributed by atoms with Crippen LogP contribution in [0.25, 0.3) is 0 Å². The molecule has 1 aliphatic rings. The summed E-state index contributed by atoms with van der Waals surface area (Å²) >= 11 is 5.40. The van der Waals surface area contributed by atoms with Gasteiger partial charge in [0.15, 0.2) is 0 Å². The Kier molecular flexibility index (Phi) is 4.14. The highest BCUT2D eigenvalue weighted by atomic mass is 79.9. The number of hydrogen-bond acceptors (Lipinski definition) is 3. The van der Waals surface area contributed by atoms with Gasteiger partial charge in [0.1, 0.15) is 15.5 Å². The van der Waals surface area contributed by atoms with Gasteiger partial charge >= 0.3 is 0 Å². The smallest absolute Gasteiger partial charge is 0.136 e. The van der Waals surface area contributed by atoms with E-state index >= 15 is 0 Å². The average molecular weight is 315 g/mol. The van der Waals surface area contributed by atoms with Gasteiger partial charge in [-0.15, -0.1) is 11.8 Å². The molecule has 0 aromatic carbocycles. The van der Waals surface area contributed by atoms with E-state index in [0.29, 0.717) is 0 Å². The van der Waals surface area contributed by atoms with E-state index in [0.717, 1.165) is 20.7 Å². The first-order chi connectivity index (χ1) is 7.95. The summed E-state index contributed by atoms with van der Waals surface area (Å²) in [6.07, 6.45) is 5.40. The molecule has 0 unspecified atom stereocenters. The SMILES string of the molecule is CC(C)(C)c1nc(Br)cc(SC2CCCC2)n1. The second-order valence-electron chi connectivity index (χ2n) is 5.63. The maximum atomic E-state index is 4.69. The Bertz CT molecular complexity index is 395. The van der Waals surface area contributed by atoms with Crippen molar-refractivity contribution < 1.29 is 0 Å². The molecule has 0 N–H and O–H groups in total. The molecule has 0 saturated heterocycles. The highest BCUT2D eigenvalue weighted by Crippen LogP contribution is 2.35. The van der Waals surface area contributed by atoms with Crippen LogP contribution in [-0.4, -0.2) is 15.2 Å². The van der Waals surface area contributed by atoms with Gasteiger partial charge in [-0.3, -0.25) is 0 Å². The van der Waals surface area contributed by atoms with Crippen LogP contribution in [0.15, 0.2) is 15.7 Å². The Morgan fingerprint density at radius 2 is 1.88 bits per heavy atom. The van der Waals surface area contributed by atoms with Crippen molar-refractivity contribution in [1.82, 2.24) is 9.97 Å². The van der Waals surface area contributed by atoms with Crippen LogP contribution in [0.5, 0.6) is 0 Å². The maximum absolute atomic E-state index is 4.69. The molecule has 0 bridgehead atoms. The quantitative estimate of drug-likeness (QED) is 0.748. The zero-order valence-electron chi connectivity index (χ0n) is 10.7. The van der Waals surface area contributed by atoms with Crippen molar-refractivity contribution in [1.29, 1.82) is 0 Å². The lowest BCUT2D eigenvalue weighted by Crippen LogP contribution is -2.16. The molecule has 0 aliphatic heterocycles. The number of aromatic nitrogens is 2. The third-order valence-electron chi connectivity index (χ3n) is 2.93. The van der Waals surface area contributed by atoms with Gasteiger partial charge in [-0.25, -0.2) is 9.97 Å². The van der Waals surface area contributed by atoms with Crippen molar-refractivity contribution in [3.05, 3.63) is 16.5 Å². The summed E-state index contributed by atoms with van der Waals surface area (Å²) in [5.74, 6) is 0.923. The van der Waals surface area contributed by atoms with Gasteiger partial charge in [0.25, 0.3) is 0 Å². The standard InChI is InChI=1S/C13H19BrN2S/c1-13(2,3)12-15-10(14)8-11(16-12)17-9-6-4-5-7-9/h8-9H,4-7H2,1-3H3. The Balaban J connectivity index is 2.19. The van der Waals surface area contributed by atoms with E-state index in [1.807, 2.05) is 17.8 Å². The summed E-state index contributed by atoms with van der Waals surface area (Å²) in [7, 11) is 0. The highest BCUT2D eigenvalue weighted by molar-refractivity contribution is 9.10. The Labute approximate surface area is 116 Å². The third-order valence-corrected chi connectivity index (χ3v) is 4.59. The molecule has 0 spiro atoms. The van der Waals surface area contributed by atoms with Crippen molar-refractivity contribution >= 4 is 27.7 Å². The van der Waals surface area contributed by atoms with Crippen LogP contribution in [0.1, 0.15) is 52.3 Å². The fraction of sp³-hybridized carbons (Fsp3) is 0.692. The zero-order chi connectivity index (χ0) is 12.5. The summed E-state index contributed by atoms with van der Waals surface area (Å²) < 4.78 is 0.901. The van der Waals surface area contributed by atoms with Gasteiger partial charge in [-0.05, 0) is 28.8 Å². The minimum absolute atomic E-state index is 0.00870. The number of thioether (sulfide) groups is 1. The van der Waals surface area contributed by atoms with Gasteiger partial charge in [0.05, 0.1) is 0 Å². The molecular weight excluding hydrogens is 296 g/mol. The van der Waals surface area contributed by atoms with Crippen molar-refractivity contribution in [3.63, 3.8) is 0 Å². The number of rotatable bonds is 2. The first-order valence-corrected chi connectivity index (χ1v) is 7.84. The molecule has 0 atom stereocenters. The molecule has 1 fully saturated rings. The van der Waals surface area contributed by atoms with E-state index < -0.39 is 0 Å². The Morgan fingerprint density at radius 1 is 1.24 bits per heavy atom. The van der Waals surface area contributed by atoms with E-state index in [4.69, 9.17) is 4.98 Å². The summed E-state index contributed by atoms with van der Waals surface area (Å²) in [5, 5.41) is 1.87. The minimum Gasteiger partial charge on any atom is -0.226 e. The predicted molar refractivity (Wildman–Crippen MR) is 76.5 cm³/mol. The van der Waals surface area contributed by atoms with Crippen LogP contribution < -0.4 is 0 Å². The molecule has 0 amide bonds. The highest BCUT2D eigenvalue weighted by Gasteiger charge is 2.21. The molecule has 17 heavy (non-hydrogen) atoms. The zero-order valence-corrected chi connectivity index (χ0v) is 13.1. The first kappa shape index (κ1) is 13.3. The van der Waals surface area contributed by atoms with E-state index in [1.54, 1.807) is 0 Å². The van der Waals surface area contributed by atoms with Gasteiger partial charge in [-0.2, -0.15) is 0 Å². The van der Waals surface area contributed by atoms with E-state index in [-0.39, 0.29) is 5.41 Å². The molecule has 0 radical (unpaired) electrons. The fourth-order valence-corrected chi connectivity index (χ4v) is 3.74. The second-order valence-corrected chi connectivity index (χ2v) is 7.76. The maximum Gasteiger partial charge on any atom is 0.136 e. The second kappa shape index (κ2) is 5.27. The van der Waals surface area contributed by atoms with E-state index in [2.05, 4.69) is 41.7 Å².